The minimum atomic E-state index is -0.498. The normalized spacial score (nSPS) is 13.4. The third-order valence-electron chi connectivity index (χ3n) is 5.26. The first-order valence-corrected chi connectivity index (χ1v) is 9.87. The van der Waals surface area contributed by atoms with Gasteiger partial charge in [-0.1, -0.05) is 25.1 Å². The number of amides is 1. The maximum atomic E-state index is 13.7. The van der Waals surface area contributed by atoms with Gasteiger partial charge in [0.2, 0.25) is 0 Å². The lowest BCUT2D eigenvalue weighted by molar-refractivity contribution is 0.0980. The standard InChI is InChI=1S/C23H23NO5/c1-2-15-14-20(26)29-22-17(15)9-10-19(28-13-12-25)21(22)23(27)24-11-5-7-16-6-3-4-8-18(16)24/h3-4,6,8-10,14,25H,2,5,7,11-13H2,1H3. The molecule has 1 aliphatic heterocycles. The van der Waals surface area contributed by atoms with E-state index in [9.17, 15) is 14.7 Å². The van der Waals surface area contributed by atoms with Gasteiger partial charge in [-0.25, -0.2) is 4.79 Å². The predicted octanol–water partition coefficient (Wildman–Crippen LogP) is 3.32. The van der Waals surface area contributed by atoms with Gasteiger partial charge in [0.25, 0.3) is 5.91 Å². The molecule has 1 N–H and O–H groups in total. The fourth-order valence-electron chi connectivity index (χ4n) is 3.92. The van der Waals surface area contributed by atoms with Gasteiger partial charge < -0.3 is 19.2 Å². The molecule has 0 fully saturated rings. The summed E-state index contributed by atoms with van der Waals surface area (Å²) in [5.41, 5.74) is 2.75. The maximum Gasteiger partial charge on any atom is 0.336 e. The van der Waals surface area contributed by atoms with E-state index in [-0.39, 0.29) is 30.3 Å². The number of aliphatic hydroxyl groups excluding tert-OH is 1. The van der Waals surface area contributed by atoms with Gasteiger partial charge in [0.1, 0.15) is 17.9 Å². The van der Waals surface area contributed by atoms with Gasteiger partial charge in [0.05, 0.1) is 6.61 Å². The van der Waals surface area contributed by atoms with Crippen molar-refractivity contribution < 1.29 is 19.1 Å². The second-order valence-electron chi connectivity index (χ2n) is 7.02. The Labute approximate surface area is 168 Å². The van der Waals surface area contributed by atoms with Crippen molar-refractivity contribution in [3.05, 3.63) is 69.6 Å². The molecule has 1 aliphatic rings. The van der Waals surface area contributed by atoms with Gasteiger partial charge in [0, 0.05) is 23.7 Å². The summed E-state index contributed by atoms with van der Waals surface area (Å²) in [7, 11) is 0. The Hall–Kier alpha value is -3.12. The maximum absolute atomic E-state index is 13.7. The third kappa shape index (κ3) is 3.51. The molecule has 2 heterocycles. The van der Waals surface area contributed by atoms with Crippen LogP contribution in [-0.4, -0.2) is 30.8 Å². The molecule has 150 valence electrons. The Kier molecular flexibility index (Phi) is 5.36. The Balaban J connectivity index is 1.92. The molecule has 1 amide bonds. The summed E-state index contributed by atoms with van der Waals surface area (Å²) in [5, 5.41) is 9.90. The molecule has 0 unspecified atom stereocenters. The van der Waals surface area contributed by atoms with Crippen molar-refractivity contribution in [2.75, 3.05) is 24.7 Å². The number of anilines is 1. The highest BCUT2D eigenvalue weighted by Crippen LogP contribution is 2.34. The third-order valence-corrected chi connectivity index (χ3v) is 5.26. The van der Waals surface area contributed by atoms with E-state index >= 15 is 0 Å². The molecule has 6 nitrogen and oxygen atoms in total. The molecule has 3 aromatic rings. The topological polar surface area (TPSA) is 80.0 Å². The van der Waals surface area contributed by atoms with Crippen LogP contribution >= 0.6 is 0 Å². The van der Waals surface area contributed by atoms with E-state index in [1.807, 2.05) is 31.2 Å². The zero-order valence-corrected chi connectivity index (χ0v) is 16.3. The molecule has 29 heavy (non-hydrogen) atoms. The highest BCUT2D eigenvalue weighted by Gasteiger charge is 2.29. The summed E-state index contributed by atoms with van der Waals surface area (Å²) in [5.74, 6) is 0.0306. The molecule has 4 rings (SSSR count). The van der Waals surface area contributed by atoms with E-state index in [1.54, 1.807) is 17.0 Å². The summed E-state index contributed by atoms with van der Waals surface area (Å²) in [6.07, 6.45) is 2.40. The van der Waals surface area contributed by atoms with E-state index < -0.39 is 5.63 Å². The van der Waals surface area contributed by atoms with E-state index in [0.717, 1.165) is 35.0 Å². The summed E-state index contributed by atoms with van der Waals surface area (Å²) < 4.78 is 11.2. The zero-order valence-electron chi connectivity index (χ0n) is 16.3. The molecule has 2 aromatic carbocycles. The Morgan fingerprint density at radius 2 is 2.07 bits per heavy atom. The summed E-state index contributed by atoms with van der Waals surface area (Å²) in [4.78, 5) is 27.6. The summed E-state index contributed by atoms with van der Waals surface area (Å²) in [6.45, 7) is 2.38. The number of para-hydroxylation sites is 1. The molecule has 6 heteroatoms. The molecular formula is C23H23NO5. The molecule has 0 radical (unpaired) electrons. The molecule has 0 bridgehead atoms. The number of rotatable bonds is 5. The van der Waals surface area contributed by atoms with Crippen molar-refractivity contribution in [3.63, 3.8) is 0 Å². The molecule has 1 aromatic heterocycles. The van der Waals surface area contributed by atoms with Crippen LogP contribution in [0.2, 0.25) is 0 Å². The Morgan fingerprint density at radius 1 is 1.24 bits per heavy atom. The SMILES string of the molecule is CCc1cc(=O)oc2c(C(=O)N3CCCc4ccccc43)c(OCCO)ccc12. The van der Waals surface area contributed by atoms with Crippen molar-refractivity contribution in [2.24, 2.45) is 0 Å². The fraction of sp³-hybridized carbons (Fsp3) is 0.304. The van der Waals surface area contributed by atoms with Crippen LogP contribution in [0.1, 0.15) is 34.8 Å². The average molecular weight is 393 g/mol. The van der Waals surface area contributed by atoms with Gasteiger partial charge in [-0.2, -0.15) is 0 Å². The summed E-state index contributed by atoms with van der Waals surface area (Å²) >= 11 is 0. The lowest BCUT2D eigenvalue weighted by atomic mass is 9.99. The van der Waals surface area contributed by atoms with Crippen molar-refractivity contribution in [1.29, 1.82) is 0 Å². The van der Waals surface area contributed by atoms with Gasteiger partial charge in [-0.3, -0.25) is 4.79 Å². The molecular weight excluding hydrogens is 370 g/mol. The lowest BCUT2D eigenvalue weighted by Crippen LogP contribution is -2.36. The first-order valence-electron chi connectivity index (χ1n) is 9.87. The van der Waals surface area contributed by atoms with Gasteiger partial charge >= 0.3 is 5.63 Å². The Bertz CT molecular complexity index is 1120. The van der Waals surface area contributed by atoms with Crippen LogP contribution in [0.5, 0.6) is 5.75 Å². The Morgan fingerprint density at radius 3 is 2.86 bits per heavy atom. The molecule has 0 atom stereocenters. The van der Waals surface area contributed by atoms with Gasteiger partial charge in [-0.05, 0) is 48.6 Å². The predicted molar refractivity (Wildman–Crippen MR) is 111 cm³/mol. The molecule has 0 saturated heterocycles. The average Bonchev–Trinajstić information content (AvgIpc) is 2.75. The summed E-state index contributed by atoms with van der Waals surface area (Å²) in [6, 6.07) is 12.8. The quantitative estimate of drug-likeness (QED) is 0.673. The van der Waals surface area contributed by atoms with Gasteiger partial charge in [0.15, 0.2) is 5.58 Å². The first-order chi connectivity index (χ1) is 14.1. The van der Waals surface area contributed by atoms with E-state index in [1.165, 1.54) is 6.07 Å². The zero-order chi connectivity index (χ0) is 20.4. The van der Waals surface area contributed by atoms with E-state index in [2.05, 4.69) is 0 Å². The van der Waals surface area contributed by atoms with Crippen LogP contribution in [0.25, 0.3) is 11.0 Å². The van der Waals surface area contributed by atoms with Crippen LogP contribution in [0.4, 0.5) is 5.69 Å². The minimum Gasteiger partial charge on any atom is -0.490 e. The van der Waals surface area contributed by atoms with Crippen LogP contribution < -0.4 is 15.3 Å². The number of nitrogens with zero attached hydrogens (tertiary/aromatic N) is 1. The number of hydrogen-bond donors (Lipinski definition) is 1. The van der Waals surface area contributed by atoms with Gasteiger partial charge in [-0.15, -0.1) is 0 Å². The smallest absolute Gasteiger partial charge is 0.336 e. The molecule has 0 aliphatic carbocycles. The first kappa shape index (κ1) is 19.2. The van der Waals surface area contributed by atoms with Crippen molar-refractivity contribution in [1.82, 2.24) is 0 Å². The second kappa shape index (κ2) is 8.09. The van der Waals surface area contributed by atoms with Crippen molar-refractivity contribution in [2.45, 2.75) is 26.2 Å². The van der Waals surface area contributed by atoms with Crippen molar-refractivity contribution >= 4 is 22.6 Å². The van der Waals surface area contributed by atoms with Crippen LogP contribution in [0.3, 0.4) is 0 Å². The minimum absolute atomic E-state index is 0.0417. The number of carbonyl (C=O) groups is 1. The number of aryl methyl sites for hydroxylation is 2. The largest absolute Gasteiger partial charge is 0.490 e. The van der Waals surface area contributed by atoms with Crippen LogP contribution in [0, 0.1) is 0 Å². The second-order valence-corrected chi connectivity index (χ2v) is 7.02. The molecule has 0 saturated carbocycles. The number of hydrogen-bond acceptors (Lipinski definition) is 5. The number of fused-ring (bicyclic) bond motifs is 2. The number of carbonyl (C=O) groups excluding carboxylic acids is 1. The van der Waals surface area contributed by atoms with Crippen LogP contribution in [-0.2, 0) is 12.8 Å². The number of aliphatic hydroxyl groups is 1. The number of benzene rings is 2. The van der Waals surface area contributed by atoms with Crippen LogP contribution in [0.15, 0.2) is 51.7 Å². The molecule has 0 spiro atoms. The highest BCUT2D eigenvalue weighted by molar-refractivity contribution is 6.15. The highest BCUT2D eigenvalue weighted by atomic mass is 16.5. The monoisotopic (exact) mass is 393 g/mol. The van der Waals surface area contributed by atoms with E-state index in [4.69, 9.17) is 9.15 Å². The fourth-order valence-corrected chi connectivity index (χ4v) is 3.92. The van der Waals surface area contributed by atoms with Crippen molar-refractivity contribution in [3.8, 4) is 5.75 Å². The van der Waals surface area contributed by atoms with E-state index in [0.29, 0.717) is 18.7 Å². The lowest BCUT2D eigenvalue weighted by Gasteiger charge is -2.30. The number of ether oxygens (including phenoxy) is 1.